The summed E-state index contributed by atoms with van der Waals surface area (Å²) in [5.74, 6) is -1.74. The average Bonchev–Trinajstić information content (AvgIpc) is 2.48. The fraction of sp³-hybridized carbons (Fsp3) is 0.750. The summed E-state index contributed by atoms with van der Waals surface area (Å²) in [5.41, 5.74) is -0.828. The fourth-order valence-electron chi connectivity index (χ4n) is 3.24. The summed E-state index contributed by atoms with van der Waals surface area (Å²) in [6.45, 7) is 2.40. The quantitative estimate of drug-likeness (QED) is 0.689. The maximum atomic E-state index is 12.2. The Bertz CT molecular complexity index is 424. The molecule has 0 aromatic heterocycles. The number of aliphatic carboxylic acids is 1. The van der Waals surface area contributed by atoms with E-state index in [2.05, 4.69) is 12.2 Å². The number of carboxylic acids is 1. The van der Waals surface area contributed by atoms with Gasteiger partial charge in [0.1, 0.15) is 0 Å². The zero-order valence-corrected chi connectivity index (χ0v) is 12.5. The molecule has 2 atom stereocenters. The van der Waals surface area contributed by atoms with Crippen molar-refractivity contribution in [1.29, 1.82) is 0 Å². The van der Waals surface area contributed by atoms with Crippen molar-refractivity contribution in [2.24, 2.45) is 17.8 Å². The highest BCUT2D eigenvalue weighted by molar-refractivity contribution is 5.85. The van der Waals surface area contributed by atoms with E-state index in [-0.39, 0.29) is 12.5 Å². The summed E-state index contributed by atoms with van der Waals surface area (Å²) in [4.78, 5) is 23.5. The third kappa shape index (κ3) is 4.06. The number of carboxylic acid groups (broad SMARTS) is 1. The number of carbonyl (C=O) groups is 2. The number of hydrogen-bond donors (Lipinski definition) is 3. The van der Waals surface area contributed by atoms with Crippen molar-refractivity contribution in [2.45, 2.75) is 51.0 Å². The van der Waals surface area contributed by atoms with E-state index < -0.39 is 23.4 Å². The van der Waals surface area contributed by atoms with Crippen molar-refractivity contribution < 1.29 is 19.8 Å². The van der Waals surface area contributed by atoms with Crippen molar-refractivity contribution in [1.82, 2.24) is 5.32 Å². The van der Waals surface area contributed by atoms with Crippen LogP contribution >= 0.6 is 0 Å². The standard InChI is InChI=1S/C16H25NO4/c1-11-6-8-16(21,9-7-11)10-17-14(18)12-4-2-3-5-13(12)15(19)20/h2-3,11-13,21H,4-10H2,1H3,(H,17,18)(H,19,20). The van der Waals surface area contributed by atoms with Crippen molar-refractivity contribution in [3.63, 3.8) is 0 Å². The molecule has 21 heavy (non-hydrogen) atoms. The first-order valence-corrected chi connectivity index (χ1v) is 7.79. The number of nitrogens with one attached hydrogen (secondary N) is 1. The Labute approximate surface area is 125 Å². The lowest BCUT2D eigenvalue weighted by Crippen LogP contribution is -2.48. The minimum Gasteiger partial charge on any atom is -0.481 e. The fourth-order valence-corrected chi connectivity index (χ4v) is 3.24. The maximum Gasteiger partial charge on any atom is 0.307 e. The van der Waals surface area contributed by atoms with E-state index in [9.17, 15) is 19.8 Å². The first kappa shape index (κ1) is 16.0. The Morgan fingerprint density at radius 2 is 1.76 bits per heavy atom. The molecule has 0 bridgehead atoms. The Hall–Kier alpha value is -1.36. The molecule has 118 valence electrons. The van der Waals surface area contributed by atoms with Crippen LogP contribution in [0.5, 0.6) is 0 Å². The molecule has 2 aliphatic carbocycles. The third-order valence-electron chi connectivity index (χ3n) is 4.88. The van der Waals surface area contributed by atoms with E-state index in [0.29, 0.717) is 31.6 Å². The molecular formula is C16H25NO4. The van der Waals surface area contributed by atoms with Crippen molar-refractivity contribution in [3.05, 3.63) is 12.2 Å². The minimum atomic E-state index is -0.926. The molecule has 5 nitrogen and oxygen atoms in total. The van der Waals surface area contributed by atoms with Crippen LogP contribution in [0.4, 0.5) is 0 Å². The van der Waals surface area contributed by atoms with E-state index in [1.54, 1.807) is 0 Å². The predicted molar refractivity (Wildman–Crippen MR) is 78.6 cm³/mol. The van der Waals surface area contributed by atoms with Crippen LogP contribution in [-0.4, -0.2) is 34.2 Å². The Balaban J connectivity index is 1.89. The van der Waals surface area contributed by atoms with Crippen LogP contribution in [0.15, 0.2) is 12.2 Å². The number of hydrogen-bond acceptors (Lipinski definition) is 3. The zero-order chi connectivity index (χ0) is 15.5. The van der Waals surface area contributed by atoms with Gasteiger partial charge in [0.25, 0.3) is 0 Å². The highest BCUT2D eigenvalue weighted by Gasteiger charge is 2.36. The normalized spacial score (nSPS) is 36.2. The lowest BCUT2D eigenvalue weighted by atomic mass is 9.79. The molecule has 0 aliphatic heterocycles. The number of aliphatic hydroxyl groups is 1. The van der Waals surface area contributed by atoms with Gasteiger partial charge >= 0.3 is 5.97 Å². The molecule has 0 saturated heterocycles. The molecule has 0 aromatic carbocycles. The second-order valence-corrected chi connectivity index (χ2v) is 6.62. The van der Waals surface area contributed by atoms with E-state index >= 15 is 0 Å². The van der Waals surface area contributed by atoms with Crippen LogP contribution in [0.25, 0.3) is 0 Å². The summed E-state index contributed by atoms with van der Waals surface area (Å²) in [6, 6.07) is 0. The highest BCUT2D eigenvalue weighted by Crippen LogP contribution is 2.32. The first-order chi connectivity index (χ1) is 9.91. The first-order valence-electron chi connectivity index (χ1n) is 7.79. The average molecular weight is 295 g/mol. The highest BCUT2D eigenvalue weighted by atomic mass is 16.4. The number of allylic oxidation sites excluding steroid dienone is 2. The zero-order valence-electron chi connectivity index (χ0n) is 12.5. The van der Waals surface area contributed by atoms with Gasteiger partial charge in [0.05, 0.1) is 17.4 Å². The number of amides is 1. The minimum absolute atomic E-state index is 0.227. The van der Waals surface area contributed by atoms with Crippen LogP contribution in [0.2, 0.25) is 0 Å². The smallest absolute Gasteiger partial charge is 0.307 e. The molecule has 0 radical (unpaired) electrons. The Morgan fingerprint density at radius 3 is 2.33 bits per heavy atom. The van der Waals surface area contributed by atoms with Gasteiger partial charge in [-0.05, 0) is 44.4 Å². The van der Waals surface area contributed by atoms with Crippen molar-refractivity contribution >= 4 is 11.9 Å². The molecule has 0 aromatic rings. The monoisotopic (exact) mass is 295 g/mol. The second kappa shape index (κ2) is 6.60. The topological polar surface area (TPSA) is 86.6 Å². The number of carbonyl (C=O) groups excluding carboxylic acids is 1. The van der Waals surface area contributed by atoms with Crippen LogP contribution < -0.4 is 5.32 Å². The predicted octanol–water partition coefficient (Wildman–Crippen LogP) is 1.71. The van der Waals surface area contributed by atoms with E-state index in [1.165, 1.54) is 0 Å². The molecule has 2 rings (SSSR count). The molecule has 2 unspecified atom stereocenters. The lowest BCUT2D eigenvalue weighted by molar-refractivity contribution is -0.147. The van der Waals surface area contributed by atoms with Gasteiger partial charge in [-0.15, -0.1) is 0 Å². The molecule has 1 fully saturated rings. The summed E-state index contributed by atoms with van der Waals surface area (Å²) in [5, 5.41) is 22.4. The molecule has 0 heterocycles. The van der Waals surface area contributed by atoms with Gasteiger partial charge in [0.15, 0.2) is 0 Å². The van der Waals surface area contributed by atoms with E-state index in [0.717, 1.165) is 12.8 Å². The van der Waals surface area contributed by atoms with Gasteiger partial charge in [-0.3, -0.25) is 9.59 Å². The van der Waals surface area contributed by atoms with Gasteiger partial charge in [-0.2, -0.15) is 0 Å². The Kier molecular flexibility index (Phi) is 5.04. The van der Waals surface area contributed by atoms with Crippen LogP contribution in [0.1, 0.15) is 45.4 Å². The third-order valence-corrected chi connectivity index (χ3v) is 4.88. The molecule has 3 N–H and O–H groups in total. The molecule has 2 aliphatic rings. The van der Waals surface area contributed by atoms with Gasteiger partial charge in [-0.1, -0.05) is 19.1 Å². The lowest BCUT2D eigenvalue weighted by Gasteiger charge is -2.35. The van der Waals surface area contributed by atoms with Gasteiger partial charge < -0.3 is 15.5 Å². The van der Waals surface area contributed by atoms with Crippen LogP contribution in [0, 0.1) is 17.8 Å². The molecule has 0 spiro atoms. The summed E-state index contributed by atoms with van der Waals surface area (Å²) < 4.78 is 0. The maximum absolute atomic E-state index is 12.2. The molecule has 1 amide bonds. The summed E-state index contributed by atoms with van der Waals surface area (Å²) >= 11 is 0. The van der Waals surface area contributed by atoms with Gasteiger partial charge in [0.2, 0.25) is 5.91 Å². The van der Waals surface area contributed by atoms with Crippen LogP contribution in [0.3, 0.4) is 0 Å². The van der Waals surface area contributed by atoms with Gasteiger partial charge in [0, 0.05) is 6.54 Å². The molecular weight excluding hydrogens is 270 g/mol. The van der Waals surface area contributed by atoms with Gasteiger partial charge in [-0.25, -0.2) is 0 Å². The number of rotatable bonds is 4. The largest absolute Gasteiger partial charge is 0.481 e. The van der Waals surface area contributed by atoms with E-state index in [4.69, 9.17) is 0 Å². The summed E-state index contributed by atoms with van der Waals surface area (Å²) in [7, 11) is 0. The summed E-state index contributed by atoms with van der Waals surface area (Å²) in [6.07, 6.45) is 7.86. The van der Waals surface area contributed by atoms with Crippen LogP contribution in [-0.2, 0) is 9.59 Å². The second-order valence-electron chi connectivity index (χ2n) is 6.62. The molecule has 1 saturated carbocycles. The molecule has 5 heteroatoms. The van der Waals surface area contributed by atoms with E-state index in [1.807, 2.05) is 12.2 Å². The SMILES string of the molecule is CC1CCC(O)(CNC(=O)C2CC=CCC2C(=O)O)CC1. The van der Waals surface area contributed by atoms with Crippen molar-refractivity contribution in [3.8, 4) is 0 Å². The van der Waals surface area contributed by atoms with Crippen molar-refractivity contribution in [2.75, 3.05) is 6.54 Å². The Morgan fingerprint density at radius 1 is 1.19 bits per heavy atom.